The van der Waals surface area contributed by atoms with E-state index in [9.17, 15) is 4.79 Å². The third-order valence-corrected chi connectivity index (χ3v) is 2.92. The number of amides is 1. The number of benzene rings is 1. The van der Waals surface area contributed by atoms with Crippen molar-refractivity contribution in [3.63, 3.8) is 0 Å². The summed E-state index contributed by atoms with van der Waals surface area (Å²) >= 11 is 5.94. The quantitative estimate of drug-likeness (QED) is 0.890. The molecular weight excluding hydrogens is 278 g/mol. The molecule has 0 aliphatic rings. The number of aromatic nitrogens is 2. The summed E-state index contributed by atoms with van der Waals surface area (Å²) in [5, 5.41) is 7.67. The molecule has 2 aromatic rings. The molecule has 1 aromatic heterocycles. The lowest BCUT2D eigenvalue weighted by Gasteiger charge is -2.03. The van der Waals surface area contributed by atoms with Crippen LogP contribution in [0, 0.1) is 0 Å². The zero-order chi connectivity index (χ0) is 14.4. The van der Waals surface area contributed by atoms with Crippen LogP contribution in [0.5, 0.6) is 0 Å². The van der Waals surface area contributed by atoms with Gasteiger partial charge < -0.3 is 10.1 Å². The molecule has 20 heavy (non-hydrogen) atoms. The molecule has 0 saturated carbocycles. The van der Waals surface area contributed by atoms with Crippen LogP contribution in [0.3, 0.4) is 0 Å². The fourth-order valence-electron chi connectivity index (χ4n) is 1.76. The van der Waals surface area contributed by atoms with Crippen LogP contribution in [0.4, 0.5) is 5.69 Å². The maximum Gasteiger partial charge on any atom is 0.226 e. The van der Waals surface area contributed by atoms with Gasteiger partial charge in [-0.2, -0.15) is 5.10 Å². The molecule has 1 N–H and O–H groups in total. The number of hydrogen-bond donors (Lipinski definition) is 1. The van der Waals surface area contributed by atoms with Crippen molar-refractivity contribution in [2.24, 2.45) is 0 Å². The Labute approximate surface area is 122 Å². The number of anilines is 1. The lowest BCUT2D eigenvalue weighted by molar-refractivity contribution is -0.117. The largest absolute Gasteiger partial charge is 0.384 e. The Bertz CT molecular complexity index is 583. The number of hydrogen-bond acceptors (Lipinski definition) is 3. The van der Waals surface area contributed by atoms with Gasteiger partial charge in [0, 0.05) is 18.3 Å². The standard InChI is InChI=1S/C14H16ClN3O2/c1-20-6-5-14(19)17-13-8-16-18(10-13)9-11-3-2-4-12(15)7-11/h2-4,7-8,10H,5-6,9H2,1H3,(H,17,19). The topological polar surface area (TPSA) is 56.1 Å². The minimum atomic E-state index is -0.0887. The molecule has 1 aromatic carbocycles. The van der Waals surface area contributed by atoms with Gasteiger partial charge in [-0.25, -0.2) is 0 Å². The maximum atomic E-state index is 11.5. The molecule has 106 valence electrons. The van der Waals surface area contributed by atoms with E-state index in [-0.39, 0.29) is 5.91 Å². The van der Waals surface area contributed by atoms with Gasteiger partial charge in [0.25, 0.3) is 0 Å². The van der Waals surface area contributed by atoms with Crippen molar-refractivity contribution in [2.45, 2.75) is 13.0 Å². The van der Waals surface area contributed by atoms with E-state index in [4.69, 9.17) is 16.3 Å². The summed E-state index contributed by atoms with van der Waals surface area (Å²) in [5.74, 6) is -0.0887. The first-order valence-electron chi connectivity index (χ1n) is 6.23. The van der Waals surface area contributed by atoms with Crippen LogP contribution in [0.2, 0.25) is 5.02 Å². The van der Waals surface area contributed by atoms with E-state index >= 15 is 0 Å². The first kappa shape index (κ1) is 14.6. The van der Waals surface area contributed by atoms with E-state index in [1.54, 1.807) is 24.2 Å². The Morgan fingerprint density at radius 3 is 3.10 bits per heavy atom. The first-order chi connectivity index (χ1) is 9.67. The second kappa shape index (κ2) is 7.07. The molecule has 0 atom stereocenters. The summed E-state index contributed by atoms with van der Waals surface area (Å²) in [6, 6.07) is 7.59. The average molecular weight is 294 g/mol. The van der Waals surface area contributed by atoms with Gasteiger partial charge >= 0.3 is 0 Å². The number of nitrogens with one attached hydrogen (secondary N) is 1. The zero-order valence-electron chi connectivity index (χ0n) is 11.2. The molecule has 1 amide bonds. The van der Waals surface area contributed by atoms with Crippen LogP contribution < -0.4 is 5.32 Å². The highest BCUT2D eigenvalue weighted by Gasteiger charge is 2.05. The van der Waals surface area contributed by atoms with Crippen molar-refractivity contribution in [3.05, 3.63) is 47.2 Å². The zero-order valence-corrected chi connectivity index (χ0v) is 11.9. The van der Waals surface area contributed by atoms with Crippen molar-refractivity contribution in [3.8, 4) is 0 Å². The average Bonchev–Trinajstić information content (AvgIpc) is 2.83. The van der Waals surface area contributed by atoms with Crippen LogP contribution in [0.25, 0.3) is 0 Å². The SMILES string of the molecule is COCCC(=O)Nc1cnn(Cc2cccc(Cl)c2)c1. The Morgan fingerprint density at radius 2 is 2.35 bits per heavy atom. The molecule has 0 radical (unpaired) electrons. The van der Waals surface area contributed by atoms with Crippen molar-refractivity contribution in [1.29, 1.82) is 0 Å². The smallest absolute Gasteiger partial charge is 0.226 e. The van der Waals surface area contributed by atoms with Crippen LogP contribution >= 0.6 is 11.6 Å². The molecule has 0 aliphatic carbocycles. The number of halogens is 1. The van der Waals surface area contributed by atoms with E-state index < -0.39 is 0 Å². The Kier molecular flexibility index (Phi) is 5.15. The second-order valence-corrected chi connectivity index (χ2v) is 4.78. The molecule has 0 spiro atoms. The number of rotatable bonds is 6. The summed E-state index contributed by atoms with van der Waals surface area (Å²) in [4.78, 5) is 11.5. The van der Waals surface area contributed by atoms with Gasteiger partial charge in [-0.3, -0.25) is 9.48 Å². The molecule has 2 rings (SSSR count). The van der Waals surface area contributed by atoms with Gasteiger partial charge in [0.05, 0.1) is 31.5 Å². The first-order valence-corrected chi connectivity index (χ1v) is 6.61. The summed E-state index contributed by atoms with van der Waals surface area (Å²) in [7, 11) is 1.57. The van der Waals surface area contributed by atoms with Crippen LogP contribution in [0.15, 0.2) is 36.7 Å². The summed E-state index contributed by atoms with van der Waals surface area (Å²) < 4.78 is 6.60. The molecule has 0 aliphatic heterocycles. The van der Waals surface area contributed by atoms with E-state index in [1.807, 2.05) is 24.3 Å². The van der Waals surface area contributed by atoms with Crippen molar-refractivity contribution < 1.29 is 9.53 Å². The highest BCUT2D eigenvalue weighted by molar-refractivity contribution is 6.30. The summed E-state index contributed by atoms with van der Waals surface area (Å²) in [5.41, 5.74) is 1.73. The summed E-state index contributed by atoms with van der Waals surface area (Å²) in [6.07, 6.45) is 3.73. The monoisotopic (exact) mass is 293 g/mol. The van der Waals surface area contributed by atoms with E-state index in [0.29, 0.717) is 30.3 Å². The van der Waals surface area contributed by atoms with Gasteiger partial charge in [0.1, 0.15) is 0 Å². The van der Waals surface area contributed by atoms with Crippen molar-refractivity contribution >= 4 is 23.2 Å². The van der Waals surface area contributed by atoms with E-state index in [0.717, 1.165) is 5.56 Å². The molecule has 0 unspecified atom stereocenters. The third kappa shape index (κ3) is 4.36. The van der Waals surface area contributed by atoms with Gasteiger partial charge in [0.2, 0.25) is 5.91 Å². The molecule has 1 heterocycles. The molecule has 0 bridgehead atoms. The van der Waals surface area contributed by atoms with Gasteiger partial charge in [-0.05, 0) is 17.7 Å². The Hall–Kier alpha value is -1.85. The number of methoxy groups -OCH3 is 1. The minimum absolute atomic E-state index is 0.0887. The molecular formula is C14H16ClN3O2. The number of nitrogens with zero attached hydrogens (tertiary/aromatic N) is 2. The van der Waals surface area contributed by atoms with E-state index in [1.165, 1.54) is 0 Å². The summed E-state index contributed by atoms with van der Waals surface area (Å²) in [6.45, 7) is 1.01. The van der Waals surface area contributed by atoms with Crippen molar-refractivity contribution in [1.82, 2.24) is 9.78 Å². The highest BCUT2D eigenvalue weighted by atomic mass is 35.5. The number of ether oxygens (including phenoxy) is 1. The second-order valence-electron chi connectivity index (χ2n) is 4.35. The predicted octanol–water partition coefficient (Wildman–Crippen LogP) is 2.56. The molecule has 5 nitrogen and oxygen atoms in total. The Morgan fingerprint density at radius 1 is 1.50 bits per heavy atom. The highest BCUT2D eigenvalue weighted by Crippen LogP contribution is 2.13. The fraction of sp³-hybridized carbons (Fsp3) is 0.286. The van der Waals surface area contributed by atoms with Crippen molar-refractivity contribution in [2.75, 3.05) is 19.0 Å². The number of carbonyl (C=O) groups excluding carboxylic acids is 1. The fourth-order valence-corrected chi connectivity index (χ4v) is 1.97. The normalized spacial score (nSPS) is 10.5. The maximum absolute atomic E-state index is 11.5. The molecule has 0 saturated heterocycles. The lowest BCUT2D eigenvalue weighted by Crippen LogP contribution is -2.13. The van der Waals surface area contributed by atoms with Gasteiger partial charge in [0.15, 0.2) is 0 Å². The predicted molar refractivity (Wildman–Crippen MR) is 77.9 cm³/mol. The minimum Gasteiger partial charge on any atom is -0.384 e. The molecule has 6 heteroatoms. The Balaban J connectivity index is 1.93. The number of carbonyl (C=O) groups is 1. The van der Waals surface area contributed by atoms with Gasteiger partial charge in [-0.15, -0.1) is 0 Å². The van der Waals surface area contributed by atoms with Crippen LogP contribution in [-0.4, -0.2) is 29.4 Å². The van der Waals surface area contributed by atoms with Crippen LogP contribution in [0.1, 0.15) is 12.0 Å². The van der Waals surface area contributed by atoms with Crippen LogP contribution in [-0.2, 0) is 16.1 Å². The van der Waals surface area contributed by atoms with E-state index in [2.05, 4.69) is 10.4 Å². The molecule has 0 fully saturated rings. The lowest BCUT2D eigenvalue weighted by atomic mass is 10.2. The van der Waals surface area contributed by atoms with Gasteiger partial charge in [-0.1, -0.05) is 23.7 Å². The third-order valence-electron chi connectivity index (χ3n) is 2.68.